The Bertz CT molecular complexity index is 879. The molecule has 0 saturated carbocycles. The van der Waals surface area contributed by atoms with Crippen LogP contribution >= 0.6 is 11.3 Å². The number of thiophene rings is 1. The van der Waals surface area contributed by atoms with Gasteiger partial charge >= 0.3 is 0 Å². The van der Waals surface area contributed by atoms with Crippen molar-refractivity contribution in [1.82, 2.24) is 15.3 Å². The van der Waals surface area contributed by atoms with E-state index in [2.05, 4.69) is 58.7 Å². The number of fused-ring (bicyclic) bond motifs is 1. The number of aryl methyl sites for hydroxylation is 2. The second-order valence-corrected chi connectivity index (χ2v) is 7.96. The molecule has 0 atom stereocenters. The minimum atomic E-state index is 0.481. The number of nitrogens with zero attached hydrogens (tertiary/aromatic N) is 2. The molecule has 1 saturated heterocycles. The third-order valence-electron chi connectivity index (χ3n) is 5.21. The van der Waals surface area contributed by atoms with Gasteiger partial charge in [0.05, 0.1) is 5.39 Å². The van der Waals surface area contributed by atoms with E-state index in [0.717, 1.165) is 49.4 Å². The third kappa shape index (κ3) is 3.33. The van der Waals surface area contributed by atoms with Crippen LogP contribution in [0.4, 0.5) is 5.82 Å². The minimum Gasteiger partial charge on any atom is -0.367 e. The molecular weight excluding hydrogens is 340 g/mol. The first-order valence-corrected chi connectivity index (χ1v) is 10.4. The highest BCUT2D eigenvalue weighted by Crippen LogP contribution is 2.41. The van der Waals surface area contributed by atoms with Crippen LogP contribution in [0.5, 0.6) is 0 Å². The molecule has 0 bridgehead atoms. The molecule has 0 amide bonds. The molecule has 1 aromatic carbocycles. The average molecular weight is 367 g/mol. The van der Waals surface area contributed by atoms with Crippen LogP contribution in [-0.2, 0) is 12.8 Å². The quantitative estimate of drug-likeness (QED) is 0.690. The largest absolute Gasteiger partial charge is 0.367 e. The molecule has 26 heavy (non-hydrogen) atoms. The molecule has 2 N–H and O–H groups in total. The van der Waals surface area contributed by atoms with E-state index < -0.39 is 0 Å². The Labute approximate surface area is 159 Å². The first kappa shape index (κ1) is 17.4. The van der Waals surface area contributed by atoms with Crippen LogP contribution in [0.15, 0.2) is 30.6 Å². The van der Waals surface area contributed by atoms with Gasteiger partial charge in [-0.15, -0.1) is 11.3 Å². The normalized spacial score (nSPS) is 15.5. The van der Waals surface area contributed by atoms with Gasteiger partial charge in [-0.25, -0.2) is 9.97 Å². The van der Waals surface area contributed by atoms with Crippen LogP contribution in [0.1, 0.15) is 37.1 Å². The maximum atomic E-state index is 4.63. The topological polar surface area (TPSA) is 49.8 Å². The van der Waals surface area contributed by atoms with Crippen molar-refractivity contribution in [3.63, 3.8) is 0 Å². The number of anilines is 1. The van der Waals surface area contributed by atoms with Gasteiger partial charge in [0.25, 0.3) is 0 Å². The van der Waals surface area contributed by atoms with Crippen molar-refractivity contribution < 1.29 is 0 Å². The number of benzene rings is 1. The second-order valence-electron chi connectivity index (χ2n) is 6.88. The third-order valence-corrected chi connectivity index (χ3v) is 6.46. The fourth-order valence-corrected chi connectivity index (χ4v) is 4.81. The smallest absolute Gasteiger partial charge is 0.139 e. The first-order chi connectivity index (χ1) is 12.8. The fourth-order valence-electron chi connectivity index (χ4n) is 3.71. The van der Waals surface area contributed by atoms with E-state index >= 15 is 0 Å². The van der Waals surface area contributed by atoms with Crippen molar-refractivity contribution in [2.45, 2.75) is 45.6 Å². The number of hydrogen-bond acceptors (Lipinski definition) is 5. The van der Waals surface area contributed by atoms with Crippen LogP contribution in [0.25, 0.3) is 21.3 Å². The lowest BCUT2D eigenvalue weighted by molar-refractivity contribution is 0.478. The number of piperidine rings is 1. The highest BCUT2D eigenvalue weighted by Gasteiger charge is 2.20. The molecule has 1 fully saturated rings. The molecule has 3 aromatic rings. The van der Waals surface area contributed by atoms with Crippen LogP contribution in [0, 0.1) is 0 Å². The van der Waals surface area contributed by atoms with E-state index in [1.165, 1.54) is 27.0 Å². The van der Waals surface area contributed by atoms with E-state index in [1.807, 2.05) is 0 Å². The molecule has 4 rings (SSSR count). The van der Waals surface area contributed by atoms with Crippen LogP contribution in [0.3, 0.4) is 0 Å². The zero-order chi connectivity index (χ0) is 17.9. The molecular formula is C21H26N4S. The fraction of sp³-hybridized carbons (Fsp3) is 0.429. The Morgan fingerprint density at radius 1 is 1.08 bits per heavy atom. The molecule has 3 heterocycles. The Morgan fingerprint density at radius 2 is 1.85 bits per heavy atom. The summed E-state index contributed by atoms with van der Waals surface area (Å²) < 4.78 is 0. The summed E-state index contributed by atoms with van der Waals surface area (Å²) in [5.41, 5.74) is 3.95. The van der Waals surface area contributed by atoms with Gasteiger partial charge in [0.2, 0.25) is 0 Å². The van der Waals surface area contributed by atoms with Crippen molar-refractivity contribution in [3.8, 4) is 11.1 Å². The molecule has 1 aliphatic rings. The van der Waals surface area contributed by atoms with Crippen LogP contribution < -0.4 is 10.6 Å². The van der Waals surface area contributed by atoms with Crippen molar-refractivity contribution >= 4 is 27.4 Å². The molecule has 0 unspecified atom stereocenters. The number of rotatable bonds is 5. The molecule has 2 aromatic heterocycles. The van der Waals surface area contributed by atoms with Gasteiger partial charge in [0.1, 0.15) is 17.0 Å². The summed E-state index contributed by atoms with van der Waals surface area (Å²) in [6.07, 6.45) is 6.05. The highest BCUT2D eigenvalue weighted by molar-refractivity contribution is 7.19. The average Bonchev–Trinajstić information content (AvgIpc) is 3.08. The predicted molar refractivity (Wildman–Crippen MR) is 111 cm³/mol. The number of hydrogen-bond donors (Lipinski definition) is 2. The predicted octanol–water partition coefficient (Wildman–Crippen LogP) is 4.65. The Morgan fingerprint density at radius 3 is 2.54 bits per heavy atom. The SMILES string of the molecule is CCc1ccc(-c2c(CC)sc3ncnc(NC4CCNCC4)c23)cc1. The van der Waals surface area contributed by atoms with Crippen LogP contribution in [-0.4, -0.2) is 29.1 Å². The maximum absolute atomic E-state index is 4.63. The molecule has 0 radical (unpaired) electrons. The molecule has 0 spiro atoms. The summed E-state index contributed by atoms with van der Waals surface area (Å²) in [7, 11) is 0. The number of nitrogens with one attached hydrogen (secondary N) is 2. The van der Waals surface area contributed by atoms with Crippen molar-refractivity contribution in [2.24, 2.45) is 0 Å². The first-order valence-electron chi connectivity index (χ1n) is 9.63. The van der Waals surface area contributed by atoms with Gasteiger partial charge in [-0.1, -0.05) is 38.1 Å². The van der Waals surface area contributed by atoms with E-state index in [1.54, 1.807) is 17.7 Å². The Kier molecular flexibility index (Phi) is 5.18. The van der Waals surface area contributed by atoms with Crippen molar-refractivity contribution in [2.75, 3.05) is 18.4 Å². The van der Waals surface area contributed by atoms with Crippen LogP contribution in [0.2, 0.25) is 0 Å². The molecule has 4 nitrogen and oxygen atoms in total. The van der Waals surface area contributed by atoms with Gasteiger partial charge in [-0.2, -0.15) is 0 Å². The molecule has 5 heteroatoms. The van der Waals surface area contributed by atoms with Gasteiger partial charge in [-0.3, -0.25) is 0 Å². The lowest BCUT2D eigenvalue weighted by Gasteiger charge is -2.24. The van der Waals surface area contributed by atoms with E-state index in [4.69, 9.17) is 0 Å². The Hall–Kier alpha value is -1.98. The summed E-state index contributed by atoms with van der Waals surface area (Å²) in [5.74, 6) is 0.993. The number of aromatic nitrogens is 2. The lowest BCUT2D eigenvalue weighted by atomic mass is 9.99. The Balaban J connectivity index is 1.81. The summed E-state index contributed by atoms with van der Waals surface area (Å²) in [5, 5.41) is 8.33. The van der Waals surface area contributed by atoms with E-state index in [0.29, 0.717) is 6.04 Å². The van der Waals surface area contributed by atoms with E-state index in [9.17, 15) is 0 Å². The summed E-state index contributed by atoms with van der Waals surface area (Å²) in [4.78, 5) is 11.7. The van der Waals surface area contributed by atoms with Gasteiger partial charge in [0.15, 0.2) is 0 Å². The van der Waals surface area contributed by atoms with Gasteiger partial charge < -0.3 is 10.6 Å². The van der Waals surface area contributed by atoms with Crippen molar-refractivity contribution in [3.05, 3.63) is 41.0 Å². The minimum absolute atomic E-state index is 0.481. The zero-order valence-electron chi connectivity index (χ0n) is 15.5. The lowest BCUT2D eigenvalue weighted by Crippen LogP contribution is -2.35. The summed E-state index contributed by atoms with van der Waals surface area (Å²) >= 11 is 1.80. The second kappa shape index (κ2) is 7.72. The van der Waals surface area contributed by atoms with Crippen molar-refractivity contribution in [1.29, 1.82) is 0 Å². The summed E-state index contributed by atoms with van der Waals surface area (Å²) in [6, 6.07) is 9.46. The molecule has 0 aliphatic carbocycles. The molecule has 1 aliphatic heterocycles. The zero-order valence-corrected chi connectivity index (χ0v) is 16.3. The van der Waals surface area contributed by atoms with Gasteiger partial charge in [0, 0.05) is 16.5 Å². The van der Waals surface area contributed by atoms with E-state index in [-0.39, 0.29) is 0 Å². The standard InChI is InChI=1S/C21H26N4S/c1-3-14-5-7-15(8-6-14)18-17(4-2)26-21-19(18)20(23-13-24-21)25-16-9-11-22-12-10-16/h5-8,13,16,22H,3-4,9-12H2,1-2H3,(H,23,24,25). The highest BCUT2D eigenvalue weighted by atomic mass is 32.1. The monoisotopic (exact) mass is 366 g/mol. The molecule has 136 valence electrons. The summed E-state index contributed by atoms with van der Waals surface area (Å²) in [6.45, 7) is 6.56. The van der Waals surface area contributed by atoms with Gasteiger partial charge in [-0.05, 0) is 49.9 Å². The maximum Gasteiger partial charge on any atom is 0.139 e.